The van der Waals surface area contributed by atoms with Gasteiger partial charge in [0.1, 0.15) is 5.71 Å². The molecule has 0 aliphatic carbocycles. The summed E-state index contributed by atoms with van der Waals surface area (Å²) in [6.45, 7) is 19.6. The summed E-state index contributed by atoms with van der Waals surface area (Å²) < 4.78 is 1.62. The Kier molecular flexibility index (Phi) is 10.3. The summed E-state index contributed by atoms with van der Waals surface area (Å²) in [5.41, 5.74) is 7.97. The van der Waals surface area contributed by atoms with E-state index in [1.54, 1.807) is 4.68 Å². The number of anilines is 1. The largest absolute Gasteiger partial charge is 0.372 e. The third kappa shape index (κ3) is 6.61. The average Bonchev–Trinajstić information content (AvgIpc) is 3.23. The fourth-order valence-corrected chi connectivity index (χ4v) is 4.98. The van der Waals surface area contributed by atoms with Crippen LogP contribution in [0.4, 0.5) is 11.4 Å². The molecule has 1 aliphatic rings. The third-order valence-corrected chi connectivity index (χ3v) is 7.30. The van der Waals surface area contributed by atoms with Crippen molar-refractivity contribution in [1.29, 1.82) is 0 Å². The van der Waals surface area contributed by atoms with Crippen LogP contribution in [0.2, 0.25) is 0 Å². The number of rotatable bonds is 13. The molecule has 0 unspecified atom stereocenters. The van der Waals surface area contributed by atoms with Crippen LogP contribution in [0.15, 0.2) is 39.2 Å². The molecular weight excluding hydrogens is 456 g/mol. The second-order valence-corrected chi connectivity index (χ2v) is 11.1. The maximum Gasteiger partial charge on any atom is 0.274 e. The van der Waals surface area contributed by atoms with Gasteiger partial charge in [-0.15, -0.1) is 0 Å². The predicted molar refractivity (Wildman–Crippen MR) is 160 cm³/mol. The molecule has 5 heteroatoms. The van der Waals surface area contributed by atoms with Gasteiger partial charge in [-0.3, -0.25) is 4.79 Å². The van der Waals surface area contributed by atoms with Crippen molar-refractivity contribution in [3.8, 4) is 0 Å². The van der Waals surface area contributed by atoms with Crippen molar-refractivity contribution >= 4 is 22.8 Å². The summed E-state index contributed by atoms with van der Waals surface area (Å²) in [7, 11) is 0. The average molecular weight is 505 g/mol. The second kappa shape index (κ2) is 13.2. The smallest absolute Gasteiger partial charge is 0.274 e. The highest BCUT2D eigenvalue weighted by Gasteiger charge is 2.29. The summed E-state index contributed by atoms with van der Waals surface area (Å²) in [4.78, 5) is 21.3. The Morgan fingerprint density at radius 2 is 1.57 bits per heavy atom. The number of benzene rings is 1. The van der Waals surface area contributed by atoms with E-state index < -0.39 is 0 Å². The van der Waals surface area contributed by atoms with E-state index in [0.29, 0.717) is 0 Å². The third-order valence-electron chi connectivity index (χ3n) is 7.30. The van der Waals surface area contributed by atoms with Crippen LogP contribution in [0, 0.1) is 12.8 Å². The first-order valence-corrected chi connectivity index (χ1v) is 14.6. The van der Waals surface area contributed by atoms with E-state index in [1.807, 2.05) is 0 Å². The lowest BCUT2D eigenvalue weighted by molar-refractivity contribution is 0.678. The first-order chi connectivity index (χ1) is 17.7. The van der Waals surface area contributed by atoms with E-state index in [0.717, 1.165) is 71.8 Å². The monoisotopic (exact) mass is 504 g/mol. The standard InChI is InChI=1S/C32H48N4O/c1-9-12-15-26-27(22(4)5)21-29-31(30(23(6)7)34-36(29)32(26)37)33-28-17-16-25(20-24(28)8)35(18-13-10-2)19-14-11-3/h16-17,20-23H,9-15,18-19H2,1-8H3/b33-31+. The van der Waals surface area contributed by atoms with Gasteiger partial charge in [-0.25, -0.2) is 4.99 Å². The highest BCUT2D eigenvalue weighted by Crippen LogP contribution is 2.29. The van der Waals surface area contributed by atoms with Gasteiger partial charge >= 0.3 is 0 Å². The van der Waals surface area contributed by atoms with Crippen molar-refractivity contribution < 1.29 is 0 Å². The van der Waals surface area contributed by atoms with Crippen LogP contribution in [0.5, 0.6) is 0 Å². The molecule has 0 bridgehead atoms. The van der Waals surface area contributed by atoms with Gasteiger partial charge in [-0.1, -0.05) is 67.7 Å². The highest BCUT2D eigenvalue weighted by molar-refractivity contribution is 6.50. The molecule has 0 amide bonds. The van der Waals surface area contributed by atoms with Gasteiger partial charge < -0.3 is 4.90 Å². The minimum Gasteiger partial charge on any atom is -0.372 e. The van der Waals surface area contributed by atoms with Crippen LogP contribution in [0.1, 0.15) is 115 Å². The molecule has 0 N–H and O–H groups in total. The number of fused-ring (bicyclic) bond motifs is 1. The Bertz CT molecular complexity index is 1180. The quantitative estimate of drug-likeness (QED) is 0.277. The number of pyridine rings is 1. The Morgan fingerprint density at radius 3 is 2.11 bits per heavy atom. The van der Waals surface area contributed by atoms with Crippen molar-refractivity contribution in [1.82, 2.24) is 4.68 Å². The van der Waals surface area contributed by atoms with Crippen LogP contribution in [-0.2, 0) is 6.42 Å². The molecule has 5 nitrogen and oxygen atoms in total. The van der Waals surface area contributed by atoms with Crippen LogP contribution in [-0.4, -0.2) is 29.2 Å². The summed E-state index contributed by atoms with van der Waals surface area (Å²) in [6.07, 6.45) is 7.67. The molecule has 0 atom stereocenters. The van der Waals surface area contributed by atoms with E-state index in [9.17, 15) is 4.79 Å². The molecular formula is C32H48N4O. The van der Waals surface area contributed by atoms with Crippen LogP contribution < -0.4 is 10.5 Å². The van der Waals surface area contributed by atoms with Crippen LogP contribution in [0.3, 0.4) is 0 Å². The molecule has 1 aromatic heterocycles. The lowest BCUT2D eigenvalue weighted by Crippen LogP contribution is -2.26. The zero-order valence-electron chi connectivity index (χ0n) is 24.5. The predicted octanol–water partition coefficient (Wildman–Crippen LogP) is 8.02. The number of aliphatic imine (C=N–C) groups is 1. The number of hydrogen-bond donors (Lipinski definition) is 0. The summed E-state index contributed by atoms with van der Waals surface area (Å²) >= 11 is 0. The van der Waals surface area contributed by atoms with Crippen molar-refractivity contribution in [3.63, 3.8) is 0 Å². The maximum atomic E-state index is 13.6. The second-order valence-electron chi connectivity index (χ2n) is 11.1. The van der Waals surface area contributed by atoms with Gasteiger partial charge in [0, 0.05) is 24.3 Å². The summed E-state index contributed by atoms with van der Waals surface area (Å²) in [6, 6.07) is 8.79. The molecule has 0 saturated carbocycles. The highest BCUT2D eigenvalue weighted by atomic mass is 16.1. The number of nitrogens with zero attached hydrogens (tertiary/aromatic N) is 4. The van der Waals surface area contributed by atoms with E-state index >= 15 is 0 Å². The fourth-order valence-electron chi connectivity index (χ4n) is 4.98. The van der Waals surface area contributed by atoms with Crippen LogP contribution in [0.25, 0.3) is 0 Å². The minimum atomic E-state index is 0.0209. The Labute approximate surface area is 224 Å². The first kappa shape index (κ1) is 28.9. The number of aryl methyl sites for hydroxylation is 1. The summed E-state index contributed by atoms with van der Waals surface area (Å²) in [5.74, 6) is 0.436. The molecule has 0 saturated heterocycles. The van der Waals surface area contributed by atoms with Crippen molar-refractivity contribution in [2.75, 3.05) is 18.0 Å². The van der Waals surface area contributed by atoms with Gasteiger partial charge in [-0.2, -0.15) is 9.78 Å². The van der Waals surface area contributed by atoms with E-state index in [4.69, 9.17) is 10.1 Å². The molecule has 2 heterocycles. The molecule has 1 aromatic carbocycles. The zero-order chi connectivity index (χ0) is 27.1. The van der Waals surface area contributed by atoms with Gasteiger partial charge in [-0.05, 0) is 79.8 Å². The van der Waals surface area contributed by atoms with Gasteiger partial charge in [0.05, 0.1) is 17.1 Å². The van der Waals surface area contributed by atoms with E-state index in [-0.39, 0.29) is 17.4 Å². The molecule has 0 radical (unpaired) electrons. The van der Waals surface area contributed by atoms with E-state index in [1.165, 1.54) is 31.4 Å². The lowest BCUT2D eigenvalue weighted by Gasteiger charge is -2.25. The maximum absolute atomic E-state index is 13.6. The number of aromatic nitrogens is 1. The normalized spacial score (nSPS) is 14.1. The minimum absolute atomic E-state index is 0.0209. The molecule has 0 spiro atoms. The fraction of sp³-hybridized carbons (Fsp3) is 0.594. The molecule has 1 aliphatic heterocycles. The van der Waals surface area contributed by atoms with E-state index in [2.05, 4.69) is 84.6 Å². The van der Waals surface area contributed by atoms with Crippen LogP contribution >= 0.6 is 0 Å². The van der Waals surface area contributed by atoms with Gasteiger partial charge in [0.25, 0.3) is 5.56 Å². The van der Waals surface area contributed by atoms with Crippen molar-refractivity contribution in [2.24, 2.45) is 16.0 Å². The molecule has 0 fully saturated rings. The lowest BCUT2D eigenvalue weighted by atomic mass is 9.93. The van der Waals surface area contributed by atoms with Crippen molar-refractivity contribution in [3.05, 3.63) is 57.0 Å². The first-order valence-electron chi connectivity index (χ1n) is 14.6. The van der Waals surface area contributed by atoms with Crippen molar-refractivity contribution in [2.45, 2.75) is 106 Å². The topological polar surface area (TPSA) is 50.0 Å². The molecule has 3 rings (SSSR count). The Morgan fingerprint density at radius 1 is 0.919 bits per heavy atom. The SMILES string of the molecule is CCCCc1c(C(C)C)cc2n(c1=O)N=C(C(C)C)/C2=N/c1ccc(N(CCCC)CCCC)cc1C. The molecule has 202 valence electrons. The molecule has 37 heavy (non-hydrogen) atoms. The Hall–Kier alpha value is -2.69. The van der Waals surface area contributed by atoms with Gasteiger partial charge in [0.15, 0.2) is 0 Å². The number of unbranched alkanes of at least 4 members (excludes halogenated alkanes) is 3. The zero-order valence-corrected chi connectivity index (χ0v) is 24.5. The van der Waals surface area contributed by atoms with Gasteiger partial charge in [0.2, 0.25) is 0 Å². The molecule has 2 aromatic rings. The number of hydrogen-bond acceptors (Lipinski definition) is 4. The Balaban J connectivity index is 2.09. The summed E-state index contributed by atoms with van der Waals surface area (Å²) in [5, 5.41) is 4.82.